The van der Waals surface area contributed by atoms with Crippen molar-refractivity contribution in [3.8, 4) is 0 Å². The minimum atomic E-state index is 0.859. The number of nitrogens with zero attached hydrogens (tertiary/aromatic N) is 2. The Bertz CT molecular complexity index is 372. The fourth-order valence-electron chi connectivity index (χ4n) is 2.88. The van der Waals surface area contributed by atoms with Crippen molar-refractivity contribution in [2.45, 2.75) is 45.6 Å². The van der Waals surface area contributed by atoms with Gasteiger partial charge in [-0.15, -0.1) is 0 Å². The molecule has 0 atom stereocenters. The van der Waals surface area contributed by atoms with E-state index in [9.17, 15) is 0 Å². The summed E-state index contributed by atoms with van der Waals surface area (Å²) in [6.07, 6.45) is 7.03. The molecule has 1 aliphatic carbocycles. The maximum Gasteiger partial charge on any atom is 0.128 e. The fourth-order valence-corrected chi connectivity index (χ4v) is 2.88. The minimum absolute atomic E-state index is 0.859. The highest BCUT2D eigenvalue weighted by molar-refractivity contribution is 5.38. The first-order valence-electron chi connectivity index (χ1n) is 7.67. The van der Waals surface area contributed by atoms with E-state index in [1.807, 2.05) is 0 Å². The molecule has 0 saturated heterocycles. The van der Waals surface area contributed by atoms with E-state index in [0.29, 0.717) is 0 Å². The molecule has 0 spiro atoms. The Morgan fingerprint density at radius 3 is 2.79 bits per heavy atom. The van der Waals surface area contributed by atoms with Gasteiger partial charge in [0.1, 0.15) is 5.82 Å². The van der Waals surface area contributed by atoms with E-state index in [4.69, 9.17) is 4.98 Å². The Labute approximate surface area is 117 Å². The second kappa shape index (κ2) is 7.49. The zero-order valence-electron chi connectivity index (χ0n) is 12.4. The molecule has 0 amide bonds. The van der Waals surface area contributed by atoms with Gasteiger partial charge >= 0.3 is 0 Å². The Morgan fingerprint density at radius 1 is 1.26 bits per heavy atom. The van der Waals surface area contributed by atoms with Gasteiger partial charge in [-0.2, -0.15) is 0 Å². The van der Waals surface area contributed by atoms with Gasteiger partial charge in [0.05, 0.1) is 5.69 Å². The third-order valence-corrected chi connectivity index (χ3v) is 4.00. The van der Waals surface area contributed by atoms with E-state index in [0.717, 1.165) is 37.1 Å². The van der Waals surface area contributed by atoms with E-state index >= 15 is 0 Å². The lowest BCUT2D eigenvalue weighted by Gasteiger charge is -2.27. The summed E-state index contributed by atoms with van der Waals surface area (Å²) in [7, 11) is 2.17. The molecule has 0 aliphatic heterocycles. The molecule has 3 heteroatoms. The van der Waals surface area contributed by atoms with Gasteiger partial charge in [0.15, 0.2) is 0 Å². The largest absolute Gasteiger partial charge is 0.359 e. The molecule has 1 heterocycles. The van der Waals surface area contributed by atoms with Crippen LogP contribution in [0.2, 0.25) is 0 Å². The SMILES string of the molecule is CCNCc1cccc(N(C)CC2CCCCC2)n1. The third-order valence-electron chi connectivity index (χ3n) is 4.00. The van der Waals surface area contributed by atoms with Crippen molar-refractivity contribution in [1.82, 2.24) is 10.3 Å². The summed E-state index contributed by atoms with van der Waals surface area (Å²) in [4.78, 5) is 7.06. The second-order valence-electron chi connectivity index (χ2n) is 5.65. The molecule has 0 radical (unpaired) electrons. The van der Waals surface area contributed by atoms with E-state index in [2.05, 4.69) is 42.4 Å². The molecule has 1 aromatic rings. The van der Waals surface area contributed by atoms with Crippen LogP contribution in [0.25, 0.3) is 0 Å². The zero-order valence-corrected chi connectivity index (χ0v) is 12.4. The summed E-state index contributed by atoms with van der Waals surface area (Å²) in [5, 5.41) is 3.33. The first-order chi connectivity index (χ1) is 9.29. The van der Waals surface area contributed by atoms with Crippen molar-refractivity contribution in [3.63, 3.8) is 0 Å². The molecule has 1 fully saturated rings. The fraction of sp³-hybridized carbons (Fsp3) is 0.688. The molecule has 3 nitrogen and oxygen atoms in total. The van der Waals surface area contributed by atoms with Crippen molar-refractivity contribution >= 4 is 5.82 Å². The van der Waals surface area contributed by atoms with Crippen LogP contribution >= 0.6 is 0 Å². The van der Waals surface area contributed by atoms with Gasteiger partial charge in [0.25, 0.3) is 0 Å². The highest BCUT2D eigenvalue weighted by atomic mass is 15.2. The number of hydrogen-bond donors (Lipinski definition) is 1. The number of anilines is 1. The highest BCUT2D eigenvalue weighted by Crippen LogP contribution is 2.25. The maximum atomic E-state index is 4.74. The van der Waals surface area contributed by atoms with Gasteiger partial charge < -0.3 is 10.2 Å². The van der Waals surface area contributed by atoms with Crippen LogP contribution in [0.5, 0.6) is 0 Å². The molecule has 0 unspecified atom stereocenters. The standard InChI is InChI=1S/C16H27N3/c1-3-17-12-15-10-7-11-16(18-15)19(2)13-14-8-5-4-6-9-14/h7,10-11,14,17H,3-6,8-9,12-13H2,1-2H3. The summed E-state index contributed by atoms with van der Waals surface area (Å²) >= 11 is 0. The Hall–Kier alpha value is -1.09. The van der Waals surface area contributed by atoms with Gasteiger partial charge in [-0.1, -0.05) is 32.3 Å². The lowest BCUT2D eigenvalue weighted by molar-refractivity contribution is 0.361. The molecule has 1 N–H and O–H groups in total. The Balaban J connectivity index is 1.91. The van der Waals surface area contributed by atoms with E-state index < -0.39 is 0 Å². The molecule has 1 aliphatic rings. The summed E-state index contributed by atoms with van der Waals surface area (Å²) in [5.74, 6) is 1.97. The van der Waals surface area contributed by atoms with Crippen molar-refractivity contribution in [2.24, 2.45) is 5.92 Å². The molecular weight excluding hydrogens is 234 g/mol. The molecule has 2 rings (SSSR count). The van der Waals surface area contributed by atoms with Crippen LogP contribution in [0.4, 0.5) is 5.82 Å². The molecule has 0 aromatic carbocycles. The van der Waals surface area contributed by atoms with Crippen LogP contribution in [0, 0.1) is 5.92 Å². The molecule has 1 aromatic heterocycles. The van der Waals surface area contributed by atoms with Gasteiger partial charge in [-0.05, 0) is 37.4 Å². The molecular formula is C16H27N3. The minimum Gasteiger partial charge on any atom is -0.359 e. The number of pyridine rings is 1. The number of aromatic nitrogens is 1. The maximum absolute atomic E-state index is 4.74. The molecule has 19 heavy (non-hydrogen) atoms. The van der Waals surface area contributed by atoms with E-state index in [1.54, 1.807) is 0 Å². The van der Waals surface area contributed by atoms with Crippen LogP contribution in [0.3, 0.4) is 0 Å². The predicted molar refractivity (Wildman–Crippen MR) is 81.5 cm³/mol. The Morgan fingerprint density at radius 2 is 2.05 bits per heavy atom. The molecule has 0 bridgehead atoms. The quantitative estimate of drug-likeness (QED) is 0.852. The number of rotatable bonds is 6. The normalized spacial score (nSPS) is 16.5. The predicted octanol–water partition coefficient (Wildman–Crippen LogP) is 3.21. The zero-order chi connectivity index (χ0) is 13.5. The van der Waals surface area contributed by atoms with Crippen LogP contribution < -0.4 is 10.2 Å². The van der Waals surface area contributed by atoms with Crippen molar-refractivity contribution in [3.05, 3.63) is 23.9 Å². The first-order valence-corrected chi connectivity index (χ1v) is 7.67. The van der Waals surface area contributed by atoms with Crippen molar-refractivity contribution in [2.75, 3.05) is 25.0 Å². The summed E-state index contributed by atoms with van der Waals surface area (Å²) in [6, 6.07) is 6.34. The van der Waals surface area contributed by atoms with Crippen LogP contribution in [0.1, 0.15) is 44.7 Å². The third kappa shape index (κ3) is 4.50. The van der Waals surface area contributed by atoms with E-state index in [-0.39, 0.29) is 0 Å². The first kappa shape index (κ1) is 14.3. The van der Waals surface area contributed by atoms with Crippen LogP contribution in [0.15, 0.2) is 18.2 Å². The van der Waals surface area contributed by atoms with Gasteiger partial charge in [-0.3, -0.25) is 0 Å². The second-order valence-corrected chi connectivity index (χ2v) is 5.65. The summed E-state index contributed by atoms with van der Waals surface area (Å²) in [6.45, 7) is 5.13. The van der Waals surface area contributed by atoms with Crippen LogP contribution in [-0.2, 0) is 6.54 Å². The van der Waals surface area contributed by atoms with Gasteiger partial charge in [0.2, 0.25) is 0 Å². The molecule has 1 saturated carbocycles. The lowest BCUT2D eigenvalue weighted by Crippen LogP contribution is -2.27. The highest BCUT2D eigenvalue weighted by Gasteiger charge is 2.16. The summed E-state index contributed by atoms with van der Waals surface area (Å²) < 4.78 is 0. The van der Waals surface area contributed by atoms with Gasteiger partial charge in [-0.25, -0.2) is 4.98 Å². The topological polar surface area (TPSA) is 28.2 Å². The van der Waals surface area contributed by atoms with Crippen molar-refractivity contribution < 1.29 is 0 Å². The lowest BCUT2D eigenvalue weighted by atomic mass is 9.89. The smallest absolute Gasteiger partial charge is 0.128 e. The Kier molecular flexibility index (Phi) is 5.64. The van der Waals surface area contributed by atoms with Gasteiger partial charge in [0, 0.05) is 20.1 Å². The monoisotopic (exact) mass is 261 g/mol. The van der Waals surface area contributed by atoms with E-state index in [1.165, 1.54) is 32.1 Å². The average molecular weight is 261 g/mol. The number of hydrogen-bond acceptors (Lipinski definition) is 3. The number of nitrogens with one attached hydrogen (secondary N) is 1. The molecule has 106 valence electrons. The van der Waals surface area contributed by atoms with Crippen molar-refractivity contribution in [1.29, 1.82) is 0 Å². The summed E-state index contributed by atoms with van der Waals surface area (Å²) in [5.41, 5.74) is 1.13. The average Bonchev–Trinajstić information content (AvgIpc) is 2.46. The van der Waals surface area contributed by atoms with Crippen LogP contribution in [-0.4, -0.2) is 25.1 Å².